The number of hydrogen-bond donors (Lipinski definition) is 0. The first kappa shape index (κ1) is 18.1. The molecule has 7 heteroatoms. The minimum atomic E-state index is -1.25. The number of carbonyl (C=O) groups is 3. The van der Waals surface area contributed by atoms with E-state index in [0.29, 0.717) is 0 Å². The molecular weight excluding hydrogens is 266 g/mol. The maximum absolute atomic E-state index is 11.8. The Labute approximate surface area is 118 Å². The monoisotopic (exact) mass is 287 g/mol. The maximum atomic E-state index is 11.8. The molecule has 0 atom stereocenters. The molecule has 0 fully saturated rings. The van der Waals surface area contributed by atoms with E-state index in [2.05, 4.69) is 4.99 Å². The van der Waals surface area contributed by atoms with Crippen LogP contribution >= 0.6 is 0 Å². The van der Waals surface area contributed by atoms with Crippen molar-refractivity contribution >= 4 is 23.6 Å². The lowest BCUT2D eigenvalue weighted by molar-refractivity contribution is -0.158. The van der Waals surface area contributed by atoms with E-state index in [9.17, 15) is 14.4 Å². The van der Waals surface area contributed by atoms with E-state index in [1.165, 1.54) is 6.92 Å². The molecule has 0 unspecified atom stereocenters. The molecule has 0 aliphatic carbocycles. The van der Waals surface area contributed by atoms with Gasteiger partial charge < -0.3 is 14.2 Å². The maximum Gasteiger partial charge on any atom is 0.327 e. The second kappa shape index (κ2) is 9.94. The Morgan fingerprint density at radius 2 is 1.35 bits per heavy atom. The fourth-order valence-electron chi connectivity index (χ4n) is 1.38. The van der Waals surface area contributed by atoms with Crippen molar-refractivity contribution in [2.45, 2.75) is 27.7 Å². The molecule has 114 valence electrons. The summed E-state index contributed by atoms with van der Waals surface area (Å²) >= 11 is 0. The van der Waals surface area contributed by atoms with Crippen LogP contribution in [0.25, 0.3) is 0 Å². The quantitative estimate of drug-likeness (QED) is 0.283. The molecule has 0 heterocycles. The second-order valence-corrected chi connectivity index (χ2v) is 3.70. The third kappa shape index (κ3) is 6.31. The van der Waals surface area contributed by atoms with Crippen LogP contribution in [0.5, 0.6) is 0 Å². The Morgan fingerprint density at radius 1 is 0.900 bits per heavy atom. The molecule has 0 rings (SSSR count). The Kier molecular flexibility index (Phi) is 8.98. The molecule has 20 heavy (non-hydrogen) atoms. The summed E-state index contributed by atoms with van der Waals surface area (Å²) in [7, 11) is 0. The summed E-state index contributed by atoms with van der Waals surface area (Å²) in [5, 5.41) is 0. The minimum absolute atomic E-state index is 0.139. The summed E-state index contributed by atoms with van der Waals surface area (Å²) in [5.41, 5.74) is 0.162. The number of rotatable bonds is 8. The van der Waals surface area contributed by atoms with Gasteiger partial charge in [-0.25, -0.2) is 0 Å². The van der Waals surface area contributed by atoms with Gasteiger partial charge in [-0.3, -0.25) is 19.4 Å². The highest BCUT2D eigenvalue weighted by Crippen LogP contribution is 2.07. The van der Waals surface area contributed by atoms with Crippen LogP contribution in [0, 0.1) is 5.92 Å². The van der Waals surface area contributed by atoms with Gasteiger partial charge in [-0.05, 0) is 27.7 Å². The topological polar surface area (TPSA) is 91.3 Å². The number of esters is 3. The van der Waals surface area contributed by atoms with Crippen LogP contribution in [0.3, 0.4) is 0 Å². The van der Waals surface area contributed by atoms with E-state index >= 15 is 0 Å². The highest BCUT2D eigenvalue weighted by Gasteiger charge is 2.32. The lowest BCUT2D eigenvalue weighted by Crippen LogP contribution is -2.34. The van der Waals surface area contributed by atoms with Crippen molar-refractivity contribution in [3.8, 4) is 0 Å². The molecule has 7 nitrogen and oxygen atoms in total. The van der Waals surface area contributed by atoms with Crippen LogP contribution in [-0.4, -0.2) is 50.0 Å². The predicted octanol–water partition coefficient (Wildman–Crippen LogP) is 0.753. The van der Waals surface area contributed by atoms with Crippen LogP contribution in [0.15, 0.2) is 4.99 Å². The van der Waals surface area contributed by atoms with Gasteiger partial charge in [0.15, 0.2) is 5.92 Å². The fraction of sp³-hybridized carbons (Fsp3) is 0.692. The van der Waals surface area contributed by atoms with E-state index in [4.69, 9.17) is 14.2 Å². The van der Waals surface area contributed by atoms with Crippen LogP contribution in [-0.2, 0) is 28.6 Å². The third-order valence-corrected chi connectivity index (χ3v) is 2.23. The van der Waals surface area contributed by atoms with E-state index in [-0.39, 0.29) is 32.1 Å². The van der Waals surface area contributed by atoms with Crippen molar-refractivity contribution in [3.63, 3.8) is 0 Å². The van der Waals surface area contributed by atoms with Crippen molar-refractivity contribution in [2.24, 2.45) is 10.9 Å². The molecular formula is C13H21NO6. The molecule has 0 aromatic rings. The van der Waals surface area contributed by atoms with Gasteiger partial charge in [-0.1, -0.05) is 0 Å². The molecule has 0 spiro atoms. The highest BCUT2D eigenvalue weighted by molar-refractivity contribution is 6.16. The van der Waals surface area contributed by atoms with Gasteiger partial charge in [0, 0.05) is 5.71 Å². The van der Waals surface area contributed by atoms with Crippen LogP contribution in [0.4, 0.5) is 0 Å². The van der Waals surface area contributed by atoms with Crippen LogP contribution < -0.4 is 0 Å². The van der Waals surface area contributed by atoms with Gasteiger partial charge in [-0.2, -0.15) is 0 Å². The van der Waals surface area contributed by atoms with Crippen molar-refractivity contribution < 1.29 is 28.6 Å². The largest absolute Gasteiger partial charge is 0.465 e. The second-order valence-electron chi connectivity index (χ2n) is 3.70. The van der Waals surface area contributed by atoms with Gasteiger partial charge in [0.1, 0.15) is 6.54 Å². The summed E-state index contributed by atoms with van der Waals surface area (Å²) in [6.07, 6.45) is 0. The van der Waals surface area contributed by atoms with Crippen LogP contribution in [0.2, 0.25) is 0 Å². The summed E-state index contributed by atoms with van der Waals surface area (Å²) in [5.74, 6) is -3.25. The molecule has 0 aromatic heterocycles. The van der Waals surface area contributed by atoms with Gasteiger partial charge in [0.05, 0.1) is 19.8 Å². The zero-order valence-electron chi connectivity index (χ0n) is 12.3. The zero-order valence-corrected chi connectivity index (χ0v) is 12.3. The van der Waals surface area contributed by atoms with E-state index in [1.54, 1.807) is 20.8 Å². The van der Waals surface area contributed by atoms with Crippen molar-refractivity contribution in [1.82, 2.24) is 0 Å². The standard InChI is InChI=1S/C13H21NO6/c1-5-18-10(15)8-14-9(4)11(12(16)19-6-2)13(17)20-7-3/h11H,5-8H2,1-4H3. The molecule has 0 N–H and O–H groups in total. The fourth-order valence-corrected chi connectivity index (χ4v) is 1.38. The molecule has 0 aromatic carbocycles. The Morgan fingerprint density at radius 3 is 1.75 bits per heavy atom. The van der Waals surface area contributed by atoms with Gasteiger partial charge >= 0.3 is 17.9 Å². The van der Waals surface area contributed by atoms with Gasteiger partial charge in [-0.15, -0.1) is 0 Å². The average molecular weight is 287 g/mol. The van der Waals surface area contributed by atoms with Crippen molar-refractivity contribution in [1.29, 1.82) is 0 Å². The molecule has 0 aliphatic heterocycles. The summed E-state index contributed by atoms with van der Waals surface area (Å²) in [6.45, 7) is 6.67. The number of carbonyl (C=O) groups excluding carboxylic acids is 3. The van der Waals surface area contributed by atoms with Crippen molar-refractivity contribution in [2.75, 3.05) is 26.4 Å². The smallest absolute Gasteiger partial charge is 0.327 e. The normalized spacial score (nSPS) is 11.2. The third-order valence-electron chi connectivity index (χ3n) is 2.23. The van der Waals surface area contributed by atoms with E-state index < -0.39 is 23.8 Å². The number of aliphatic imine (C=N–C) groups is 1. The highest BCUT2D eigenvalue weighted by atomic mass is 16.6. The first-order valence-electron chi connectivity index (χ1n) is 6.47. The van der Waals surface area contributed by atoms with Crippen molar-refractivity contribution in [3.05, 3.63) is 0 Å². The Bertz CT molecular complexity index is 359. The molecule has 0 bridgehead atoms. The molecule has 0 saturated carbocycles. The summed E-state index contributed by atoms with van der Waals surface area (Å²) < 4.78 is 14.3. The number of ether oxygens (including phenoxy) is 3. The summed E-state index contributed by atoms with van der Waals surface area (Å²) in [6, 6.07) is 0. The predicted molar refractivity (Wildman–Crippen MR) is 71.4 cm³/mol. The average Bonchev–Trinajstić information content (AvgIpc) is 2.37. The number of hydrogen-bond acceptors (Lipinski definition) is 7. The van der Waals surface area contributed by atoms with Crippen LogP contribution in [0.1, 0.15) is 27.7 Å². The lowest BCUT2D eigenvalue weighted by Gasteiger charge is -2.14. The first-order valence-corrected chi connectivity index (χ1v) is 6.47. The lowest BCUT2D eigenvalue weighted by atomic mass is 10.1. The van der Waals surface area contributed by atoms with E-state index in [1.807, 2.05) is 0 Å². The summed E-state index contributed by atoms with van der Waals surface area (Å²) in [4.78, 5) is 38.6. The Balaban J connectivity index is 4.91. The van der Waals surface area contributed by atoms with Gasteiger partial charge in [0.2, 0.25) is 0 Å². The molecule has 0 saturated heterocycles. The van der Waals surface area contributed by atoms with E-state index in [0.717, 1.165) is 0 Å². The molecule has 0 amide bonds. The SMILES string of the molecule is CCOC(=O)CN=C(C)C(C(=O)OCC)C(=O)OCC. The zero-order chi connectivity index (χ0) is 15.5. The minimum Gasteiger partial charge on any atom is -0.465 e. The molecule has 0 radical (unpaired) electrons. The first-order chi connectivity index (χ1) is 9.47. The Hall–Kier alpha value is -1.92. The number of nitrogens with zero attached hydrogens (tertiary/aromatic N) is 1. The molecule has 0 aliphatic rings. The van der Waals surface area contributed by atoms with Gasteiger partial charge in [0.25, 0.3) is 0 Å².